The van der Waals surface area contributed by atoms with Crippen molar-refractivity contribution in [3.8, 4) is 17.2 Å². The van der Waals surface area contributed by atoms with Crippen LogP contribution in [-0.4, -0.2) is 5.11 Å². The van der Waals surface area contributed by atoms with Crippen LogP contribution in [0.15, 0.2) is 46.9 Å². The first kappa shape index (κ1) is 11.7. The molecule has 2 aromatic carbocycles. The second-order valence-corrected chi connectivity index (χ2v) is 5.27. The summed E-state index contributed by atoms with van der Waals surface area (Å²) >= 11 is 5.47. The van der Waals surface area contributed by atoms with E-state index in [0.717, 1.165) is 9.32 Å². The van der Waals surface area contributed by atoms with Gasteiger partial charge in [-0.15, -0.1) is 0 Å². The van der Waals surface area contributed by atoms with Crippen LogP contribution in [0.25, 0.3) is 0 Å². The molecule has 4 heteroatoms. The Balaban J connectivity index is 2.24. The third kappa shape index (κ3) is 2.89. The monoisotopic (exact) mass is 390 g/mol. The number of ether oxygens (including phenoxy) is 1. The predicted molar refractivity (Wildman–Crippen MR) is 75.0 cm³/mol. The summed E-state index contributed by atoms with van der Waals surface area (Å²) in [7, 11) is 0. The van der Waals surface area contributed by atoms with E-state index in [2.05, 4.69) is 38.5 Å². The molecule has 0 aliphatic carbocycles. The fraction of sp³-hybridized carbons (Fsp3) is 0. The Bertz CT molecular complexity index is 514. The van der Waals surface area contributed by atoms with Gasteiger partial charge in [-0.1, -0.05) is 6.07 Å². The van der Waals surface area contributed by atoms with E-state index < -0.39 is 0 Å². The lowest BCUT2D eigenvalue weighted by atomic mass is 10.3. The van der Waals surface area contributed by atoms with Crippen molar-refractivity contribution in [3.05, 3.63) is 50.5 Å². The van der Waals surface area contributed by atoms with Crippen molar-refractivity contribution in [3.63, 3.8) is 0 Å². The lowest BCUT2D eigenvalue weighted by Crippen LogP contribution is -1.84. The molecule has 2 aromatic rings. The molecule has 0 aliphatic rings. The minimum absolute atomic E-state index is 0.204. The van der Waals surface area contributed by atoms with Crippen LogP contribution in [0, 0.1) is 3.57 Å². The zero-order valence-corrected chi connectivity index (χ0v) is 11.9. The van der Waals surface area contributed by atoms with Gasteiger partial charge >= 0.3 is 0 Å². The van der Waals surface area contributed by atoms with Crippen molar-refractivity contribution in [2.24, 2.45) is 0 Å². The van der Waals surface area contributed by atoms with E-state index in [9.17, 15) is 5.11 Å². The summed E-state index contributed by atoms with van der Waals surface area (Å²) in [5.74, 6) is 1.67. The Morgan fingerprint density at radius 1 is 1.06 bits per heavy atom. The second-order valence-electron chi connectivity index (χ2n) is 3.17. The molecule has 0 radical (unpaired) electrons. The molecule has 82 valence electrons. The Labute approximate surface area is 116 Å². The average molecular weight is 391 g/mol. The molecule has 0 saturated carbocycles. The fourth-order valence-electron chi connectivity index (χ4n) is 1.22. The van der Waals surface area contributed by atoms with Crippen LogP contribution in [0.2, 0.25) is 0 Å². The quantitative estimate of drug-likeness (QED) is 0.762. The lowest BCUT2D eigenvalue weighted by molar-refractivity contribution is 0.461. The molecule has 0 aliphatic heterocycles. The van der Waals surface area contributed by atoms with Crippen LogP contribution >= 0.6 is 38.5 Å². The number of aromatic hydroxyl groups is 1. The molecule has 1 N–H and O–H groups in total. The number of phenols is 1. The zero-order chi connectivity index (χ0) is 11.5. The van der Waals surface area contributed by atoms with E-state index in [-0.39, 0.29) is 5.75 Å². The standard InChI is InChI=1S/C12H8BrIO2/c13-11-7-10(4-5-12(11)15)16-9-3-1-2-8(14)6-9/h1-7,15H. The maximum Gasteiger partial charge on any atom is 0.130 e. The van der Waals surface area contributed by atoms with Crippen molar-refractivity contribution >= 4 is 38.5 Å². The van der Waals surface area contributed by atoms with Crippen molar-refractivity contribution in [1.29, 1.82) is 0 Å². The van der Waals surface area contributed by atoms with E-state index in [1.807, 2.05) is 24.3 Å². The van der Waals surface area contributed by atoms with E-state index in [0.29, 0.717) is 10.2 Å². The topological polar surface area (TPSA) is 29.5 Å². The summed E-state index contributed by atoms with van der Waals surface area (Å²) in [6, 6.07) is 12.8. The van der Waals surface area contributed by atoms with E-state index in [1.54, 1.807) is 18.2 Å². The van der Waals surface area contributed by atoms with E-state index in [4.69, 9.17) is 4.74 Å². The first-order valence-electron chi connectivity index (χ1n) is 4.57. The Morgan fingerprint density at radius 3 is 2.50 bits per heavy atom. The van der Waals surface area contributed by atoms with Crippen LogP contribution in [0.4, 0.5) is 0 Å². The molecule has 16 heavy (non-hydrogen) atoms. The van der Waals surface area contributed by atoms with Crippen molar-refractivity contribution in [1.82, 2.24) is 0 Å². The van der Waals surface area contributed by atoms with Crippen LogP contribution in [-0.2, 0) is 0 Å². The van der Waals surface area contributed by atoms with Gasteiger partial charge in [0.2, 0.25) is 0 Å². The largest absolute Gasteiger partial charge is 0.507 e. The van der Waals surface area contributed by atoms with Crippen molar-refractivity contribution in [2.45, 2.75) is 0 Å². The highest BCUT2D eigenvalue weighted by atomic mass is 127. The maximum absolute atomic E-state index is 9.35. The number of halogens is 2. The lowest BCUT2D eigenvalue weighted by Gasteiger charge is -2.06. The highest BCUT2D eigenvalue weighted by Crippen LogP contribution is 2.30. The zero-order valence-electron chi connectivity index (χ0n) is 8.15. The Kier molecular flexibility index (Phi) is 3.70. The molecular formula is C12H8BrIO2. The summed E-state index contributed by atoms with van der Waals surface area (Å²) in [6.07, 6.45) is 0. The summed E-state index contributed by atoms with van der Waals surface area (Å²) in [5, 5.41) is 9.35. The Hall–Kier alpha value is -0.750. The summed E-state index contributed by atoms with van der Waals surface area (Å²) in [5.41, 5.74) is 0. The molecule has 0 amide bonds. The highest BCUT2D eigenvalue weighted by molar-refractivity contribution is 14.1. The van der Waals surface area contributed by atoms with Gasteiger partial charge in [-0.05, 0) is 74.9 Å². The molecule has 2 rings (SSSR count). The van der Waals surface area contributed by atoms with Gasteiger partial charge < -0.3 is 9.84 Å². The summed E-state index contributed by atoms with van der Waals surface area (Å²) in [6.45, 7) is 0. The van der Waals surface area contributed by atoms with Crippen LogP contribution < -0.4 is 4.74 Å². The smallest absolute Gasteiger partial charge is 0.130 e. The minimum Gasteiger partial charge on any atom is -0.507 e. The summed E-state index contributed by atoms with van der Waals surface area (Å²) < 4.78 is 7.39. The van der Waals surface area contributed by atoms with Gasteiger partial charge in [0.1, 0.15) is 17.2 Å². The maximum atomic E-state index is 9.35. The third-order valence-electron chi connectivity index (χ3n) is 1.95. The van der Waals surface area contributed by atoms with Crippen molar-refractivity contribution in [2.75, 3.05) is 0 Å². The minimum atomic E-state index is 0.204. The first-order valence-corrected chi connectivity index (χ1v) is 6.44. The van der Waals surface area contributed by atoms with Gasteiger partial charge in [0.05, 0.1) is 4.47 Å². The van der Waals surface area contributed by atoms with Gasteiger partial charge in [-0.3, -0.25) is 0 Å². The van der Waals surface area contributed by atoms with Gasteiger partial charge in [-0.25, -0.2) is 0 Å². The molecule has 0 heterocycles. The molecule has 0 bridgehead atoms. The molecule has 0 saturated heterocycles. The van der Waals surface area contributed by atoms with E-state index >= 15 is 0 Å². The average Bonchev–Trinajstić information content (AvgIpc) is 2.24. The van der Waals surface area contributed by atoms with Crippen molar-refractivity contribution < 1.29 is 9.84 Å². The number of rotatable bonds is 2. The molecular weight excluding hydrogens is 383 g/mol. The molecule has 0 aromatic heterocycles. The number of hydrogen-bond acceptors (Lipinski definition) is 2. The molecule has 0 atom stereocenters. The molecule has 2 nitrogen and oxygen atoms in total. The third-order valence-corrected chi connectivity index (χ3v) is 3.26. The molecule has 0 fully saturated rings. The van der Waals surface area contributed by atoms with Gasteiger partial charge in [0, 0.05) is 3.57 Å². The molecule has 0 unspecified atom stereocenters. The van der Waals surface area contributed by atoms with Gasteiger partial charge in [0.15, 0.2) is 0 Å². The first-order chi connectivity index (χ1) is 7.65. The van der Waals surface area contributed by atoms with Gasteiger partial charge in [0.25, 0.3) is 0 Å². The predicted octanol–water partition coefficient (Wildman–Crippen LogP) is 4.55. The van der Waals surface area contributed by atoms with Crippen LogP contribution in [0.1, 0.15) is 0 Å². The number of phenolic OH excluding ortho intramolecular Hbond substituents is 1. The van der Waals surface area contributed by atoms with E-state index in [1.165, 1.54) is 0 Å². The van der Waals surface area contributed by atoms with Crippen LogP contribution in [0.3, 0.4) is 0 Å². The number of hydrogen-bond donors (Lipinski definition) is 1. The SMILES string of the molecule is Oc1ccc(Oc2cccc(I)c2)cc1Br. The molecule has 0 spiro atoms. The highest BCUT2D eigenvalue weighted by Gasteiger charge is 2.02. The summed E-state index contributed by atoms with van der Waals surface area (Å²) in [4.78, 5) is 0. The number of benzene rings is 2. The van der Waals surface area contributed by atoms with Crippen LogP contribution in [0.5, 0.6) is 17.2 Å². The second kappa shape index (κ2) is 5.05. The van der Waals surface area contributed by atoms with Gasteiger partial charge in [-0.2, -0.15) is 0 Å². The fourth-order valence-corrected chi connectivity index (χ4v) is 2.09. The normalized spacial score (nSPS) is 10.1. The Morgan fingerprint density at radius 2 is 1.81 bits per heavy atom.